The van der Waals surface area contributed by atoms with Gasteiger partial charge in [-0.2, -0.15) is 0 Å². The summed E-state index contributed by atoms with van der Waals surface area (Å²) in [7, 11) is 1.78. The third kappa shape index (κ3) is 2.35. The van der Waals surface area contributed by atoms with Gasteiger partial charge in [0.15, 0.2) is 0 Å². The van der Waals surface area contributed by atoms with E-state index in [9.17, 15) is 0 Å². The average Bonchev–Trinajstić information content (AvgIpc) is 2.69. The van der Waals surface area contributed by atoms with Gasteiger partial charge in [0.05, 0.1) is 16.2 Å². The summed E-state index contributed by atoms with van der Waals surface area (Å²) < 4.78 is 1.61. The first kappa shape index (κ1) is 12.1. The molecule has 0 spiro atoms. The van der Waals surface area contributed by atoms with Crippen LogP contribution in [0.3, 0.4) is 0 Å². The Bertz CT molecular complexity index is 537. The summed E-state index contributed by atoms with van der Waals surface area (Å²) in [6.45, 7) is 2.70. The molecule has 90 valence electrons. The van der Waals surface area contributed by atoms with Crippen LogP contribution in [0.5, 0.6) is 0 Å². The number of pyridine rings is 1. The van der Waals surface area contributed by atoms with E-state index < -0.39 is 0 Å². The fraction of sp³-hybridized carbons (Fsp3) is 0.300. The topological polar surface area (TPSA) is 55.6 Å². The molecule has 0 aliphatic heterocycles. The maximum absolute atomic E-state index is 6.12. The lowest BCUT2D eigenvalue weighted by molar-refractivity contribution is 0.719. The molecule has 0 saturated carbocycles. The van der Waals surface area contributed by atoms with E-state index in [4.69, 9.17) is 23.2 Å². The fourth-order valence-corrected chi connectivity index (χ4v) is 1.96. The minimum absolute atomic E-state index is 0.474. The molecular formula is C10H11Cl2N5. The second kappa shape index (κ2) is 4.89. The molecule has 5 nitrogen and oxygen atoms in total. The zero-order valence-corrected chi connectivity index (χ0v) is 10.9. The highest BCUT2D eigenvalue weighted by molar-refractivity contribution is 6.37. The standard InChI is InChI=1S/C10H11Cl2N5/c1-3-13-10-7(12)4-6(11)9(15-10)8-5-14-16-17(8)2/h4-5H,3H2,1-2H3,(H,13,15). The Hall–Kier alpha value is -1.33. The van der Waals surface area contributed by atoms with Gasteiger partial charge in [0.25, 0.3) is 0 Å². The number of nitrogens with zero attached hydrogens (tertiary/aromatic N) is 4. The highest BCUT2D eigenvalue weighted by Gasteiger charge is 2.13. The van der Waals surface area contributed by atoms with Crippen LogP contribution < -0.4 is 5.32 Å². The second-order valence-electron chi connectivity index (χ2n) is 3.42. The number of hydrogen-bond acceptors (Lipinski definition) is 4. The van der Waals surface area contributed by atoms with Gasteiger partial charge in [0.1, 0.15) is 17.2 Å². The summed E-state index contributed by atoms with van der Waals surface area (Å²) in [4.78, 5) is 4.39. The molecule has 0 unspecified atom stereocenters. The van der Waals surface area contributed by atoms with E-state index in [-0.39, 0.29) is 0 Å². The van der Waals surface area contributed by atoms with Gasteiger partial charge >= 0.3 is 0 Å². The maximum Gasteiger partial charge on any atom is 0.145 e. The van der Waals surface area contributed by atoms with Crippen LogP contribution in [-0.2, 0) is 7.05 Å². The molecule has 0 saturated heterocycles. The molecule has 0 aliphatic carbocycles. The maximum atomic E-state index is 6.12. The van der Waals surface area contributed by atoms with Crippen LogP contribution in [0.4, 0.5) is 5.82 Å². The molecule has 0 radical (unpaired) electrons. The van der Waals surface area contributed by atoms with Crippen molar-refractivity contribution < 1.29 is 0 Å². The molecular weight excluding hydrogens is 261 g/mol. The molecule has 0 atom stereocenters. The van der Waals surface area contributed by atoms with Crippen molar-refractivity contribution in [2.45, 2.75) is 6.92 Å². The van der Waals surface area contributed by atoms with Crippen molar-refractivity contribution in [3.63, 3.8) is 0 Å². The van der Waals surface area contributed by atoms with Gasteiger partial charge in [0.2, 0.25) is 0 Å². The fourth-order valence-electron chi connectivity index (χ4n) is 1.44. The number of rotatable bonds is 3. The van der Waals surface area contributed by atoms with Crippen LogP contribution in [0, 0.1) is 0 Å². The number of aromatic nitrogens is 4. The Morgan fingerprint density at radius 1 is 1.35 bits per heavy atom. The van der Waals surface area contributed by atoms with Gasteiger partial charge in [-0.05, 0) is 13.0 Å². The Morgan fingerprint density at radius 3 is 2.71 bits per heavy atom. The molecule has 17 heavy (non-hydrogen) atoms. The van der Waals surface area contributed by atoms with Crippen molar-refractivity contribution in [1.29, 1.82) is 0 Å². The SMILES string of the molecule is CCNc1nc(-c2cnnn2C)c(Cl)cc1Cl. The van der Waals surface area contributed by atoms with E-state index in [0.717, 1.165) is 12.2 Å². The highest BCUT2D eigenvalue weighted by Crippen LogP contribution is 2.31. The molecule has 2 aromatic rings. The molecule has 0 amide bonds. The first-order valence-electron chi connectivity index (χ1n) is 5.08. The summed E-state index contributed by atoms with van der Waals surface area (Å²) in [6.07, 6.45) is 1.61. The lowest BCUT2D eigenvalue weighted by Gasteiger charge is -2.09. The molecule has 0 fully saturated rings. The molecule has 1 N–H and O–H groups in total. The monoisotopic (exact) mass is 271 g/mol. The zero-order chi connectivity index (χ0) is 12.4. The first-order chi connectivity index (χ1) is 8.13. The summed E-state index contributed by atoms with van der Waals surface area (Å²) in [5.41, 5.74) is 1.35. The molecule has 2 rings (SSSR count). The van der Waals surface area contributed by atoms with Crippen molar-refractivity contribution in [3.8, 4) is 11.4 Å². The Balaban J connectivity index is 2.54. The lowest BCUT2D eigenvalue weighted by Crippen LogP contribution is -2.03. The van der Waals surface area contributed by atoms with Gasteiger partial charge in [0, 0.05) is 13.6 Å². The highest BCUT2D eigenvalue weighted by atomic mass is 35.5. The van der Waals surface area contributed by atoms with Crippen LogP contribution >= 0.6 is 23.2 Å². The Labute approximate surface area is 109 Å². The lowest BCUT2D eigenvalue weighted by atomic mass is 10.3. The van der Waals surface area contributed by atoms with Gasteiger partial charge in [-0.15, -0.1) is 5.10 Å². The normalized spacial score (nSPS) is 10.6. The van der Waals surface area contributed by atoms with Crippen molar-refractivity contribution in [2.75, 3.05) is 11.9 Å². The largest absolute Gasteiger partial charge is 0.369 e. The van der Waals surface area contributed by atoms with E-state index in [2.05, 4.69) is 20.6 Å². The molecule has 0 aromatic carbocycles. The van der Waals surface area contributed by atoms with E-state index in [0.29, 0.717) is 21.6 Å². The van der Waals surface area contributed by atoms with Gasteiger partial charge in [-0.3, -0.25) is 0 Å². The zero-order valence-electron chi connectivity index (χ0n) is 9.41. The van der Waals surface area contributed by atoms with Crippen LogP contribution in [0.2, 0.25) is 10.0 Å². The van der Waals surface area contributed by atoms with Crippen molar-refractivity contribution in [3.05, 3.63) is 22.3 Å². The summed E-state index contributed by atoms with van der Waals surface area (Å²) >= 11 is 12.2. The van der Waals surface area contributed by atoms with E-state index in [1.807, 2.05) is 6.92 Å². The minimum Gasteiger partial charge on any atom is -0.369 e. The summed E-state index contributed by atoms with van der Waals surface area (Å²) in [5, 5.41) is 11.7. The van der Waals surface area contributed by atoms with Crippen molar-refractivity contribution in [2.24, 2.45) is 7.05 Å². The molecule has 0 bridgehead atoms. The molecule has 0 aliphatic rings. The Kier molecular flexibility index (Phi) is 3.49. The van der Waals surface area contributed by atoms with Crippen LogP contribution in [0.1, 0.15) is 6.92 Å². The predicted molar refractivity (Wildman–Crippen MR) is 68.4 cm³/mol. The minimum atomic E-state index is 0.474. The average molecular weight is 272 g/mol. The van der Waals surface area contributed by atoms with Gasteiger partial charge in [-0.25, -0.2) is 9.67 Å². The summed E-state index contributed by atoms with van der Waals surface area (Å²) in [5.74, 6) is 0.606. The first-order valence-corrected chi connectivity index (χ1v) is 5.84. The second-order valence-corrected chi connectivity index (χ2v) is 4.24. The van der Waals surface area contributed by atoms with E-state index in [1.165, 1.54) is 0 Å². The number of anilines is 1. The summed E-state index contributed by atoms with van der Waals surface area (Å²) in [6, 6.07) is 1.66. The van der Waals surface area contributed by atoms with Gasteiger partial charge < -0.3 is 5.32 Å². The predicted octanol–water partition coefficient (Wildman–Crippen LogP) is 2.62. The van der Waals surface area contributed by atoms with E-state index >= 15 is 0 Å². The van der Waals surface area contributed by atoms with Crippen molar-refractivity contribution >= 4 is 29.0 Å². The van der Waals surface area contributed by atoms with Crippen LogP contribution in [-0.4, -0.2) is 26.5 Å². The van der Waals surface area contributed by atoms with E-state index in [1.54, 1.807) is 24.0 Å². The van der Waals surface area contributed by atoms with Gasteiger partial charge in [-0.1, -0.05) is 28.4 Å². The number of aryl methyl sites for hydroxylation is 1. The Morgan fingerprint density at radius 2 is 2.12 bits per heavy atom. The molecule has 2 aromatic heterocycles. The third-order valence-electron chi connectivity index (χ3n) is 2.23. The quantitative estimate of drug-likeness (QED) is 0.933. The van der Waals surface area contributed by atoms with Crippen molar-refractivity contribution in [1.82, 2.24) is 20.0 Å². The smallest absolute Gasteiger partial charge is 0.145 e. The molecule has 7 heteroatoms. The third-order valence-corrected chi connectivity index (χ3v) is 2.81. The number of nitrogens with one attached hydrogen (secondary N) is 1. The van der Waals surface area contributed by atoms with Crippen LogP contribution in [0.15, 0.2) is 12.3 Å². The molecule has 2 heterocycles. The number of halogens is 2. The number of hydrogen-bond donors (Lipinski definition) is 1. The van der Waals surface area contributed by atoms with Crippen LogP contribution in [0.25, 0.3) is 11.4 Å².